The van der Waals surface area contributed by atoms with Gasteiger partial charge in [0.25, 0.3) is 0 Å². The number of aliphatic hydroxyl groups is 2. The highest BCUT2D eigenvalue weighted by atomic mass is 16.5. The lowest BCUT2D eigenvalue weighted by Crippen LogP contribution is -2.45. The summed E-state index contributed by atoms with van der Waals surface area (Å²) in [6.45, 7) is 4.94. The Balaban J connectivity index is 3.28. The van der Waals surface area contributed by atoms with Gasteiger partial charge in [-0.25, -0.2) is 0 Å². The Kier molecular flexibility index (Phi) is 65.4. The highest BCUT2D eigenvalue weighted by Gasteiger charge is 2.20. The van der Waals surface area contributed by atoms with Gasteiger partial charge in [-0.3, -0.25) is 9.59 Å². The second kappa shape index (κ2) is 66.8. The van der Waals surface area contributed by atoms with Crippen molar-refractivity contribution in [2.75, 3.05) is 13.2 Å². The lowest BCUT2D eigenvalue weighted by molar-refractivity contribution is -0.143. The molecule has 0 radical (unpaired) electrons. The normalized spacial score (nSPS) is 12.6. The molecule has 2 unspecified atom stereocenters. The summed E-state index contributed by atoms with van der Waals surface area (Å²) in [4.78, 5) is 24.5. The van der Waals surface area contributed by atoms with Crippen LogP contribution in [-0.4, -0.2) is 47.4 Å². The molecule has 6 nitrogen and oxygen atoms in total. The van der Waals surface area contributed by atoms with Gasteiger partial charge in [0.05, 0.1) is 25.4 Å². The van der Waals surface area contributed by atoms with Crippen LogP contribution in [-0.2, 0) is 14.3 Å². The Morgan fingerprint density at radius 2 is 0.649 bits per heavy atom. The van der Waals surface area contributed by atoms with Gasteiger partial charge in [-0.15, -0.1) is 0 Å². The summed E-state index contributed by atoms with van der Waals surface area (Å²) in [5, 5.41) is 23.1. The molecule has 6 heteroatoms. The van der Waals surface area contributed by atoms with E-state index >= 15 is 0 Å². The van der Waals surface area contributed by atoms with E-state index in [-0.39, 0.29) is 18.5 Å². The maximum atomic E-state index is 12.4. The molecule has 0 saturated carbocycles. The first kappa shape index (κ1) is 75.3. The van der Waals surface area contributed by atoms with Crippen molar-refractivity contribution in [2.24, 2.45) is 0 Å². The number of ether oxygens (including phenoxy) is 1. The topological polar surface area (TPSA) is 95.9 Å². The van der Waals surface area contributed by atoms with Gasteiger partial charge in [-0.05, 0) is 57.8 Å². The SMILES string of the molecule is CCCCCC/C=C\C/C=C\CCCCCCCCCC(=O)OCCCCCCCCCCCCCCCCCCCCCCCCCCCCCCCCCCCC(=O)NC(CO)C(O)CCCCCCCCCCC. The van der Waals surface area contributed by atoms with Crippen molar-refractivity contribution in [3.63, 3.8) is 0 Å². The second-order valence-corrected chi connectivity index (χ2v) is 24.2. The van der Waals surface area contributed by atoms with Crippen molar-refractivity contribution in [3.05, 3.63) is 24.3 Å². The molecule has 0 aromatic carbocycles. The molecule has 2 atom stereocenters. The van der Waals surface area contributed by atoms with Gasteiger partial charge in [0.15, 0.2) is 0 Å². The zero-order chi connectivity index (χ0) is 55.7. The van der Waals surface area contributed by atoms with Crippen molar-refractivity contribution in [1.82, 2.24) is 5.32 Å². The van der Waals surface area contributed by atoms with Crippen LogP contribution in [0, 0.1) is 0 Å². The predicted molar refractivity (Wildman–Crippen MR) is 338 cm³/mol. The van der Waals surface area contributed by atoms with Crippen LogP contribution in [0.2, 0.25) is 0 Å². The molecular formula is C71H137NO5. The number of allylic oxidation sites excluding steroid dienone is 4. The Morgan fingerprint density at radius 3 is 1.00 bits per heavy atom. The summed E-state index contributed by atoms with van der Waals surface area (Å²) in [6.07, 6.45) is 83.9. The molecule has 456 valence electrons. The maximum Gasteiger partial charge on any atom is 0.305 e. The molecule has 0 aliphatic rings. The van der Waals surface area contributed by atoms with Gasteiger partial charge in [0.2, 0.25) is 5.91 Å². The van der Waals surface area contributed by atoms with Gasteiger partial charge in [0, 0.05) is 12.8 Å². The summed E-state index contributed by atoms with van der Waals surface area (Å²) >= 11 is 0. The van der Waals surface area contributed by atoms with E-state index in [4.69, 9.17) is 4.74 Å². The summed E-state index contributed by atoms with van der Waals surface area (Å²) < 4.78 is 5.50. The number of esters is 1. The molecule has 0 bridgehead atoms. The number of rotatable bonds is 66. The minimum Gasteiger partial charge on any atom is -0.466 e. The fraction of sp³-hybridized carbons (Fsp3) is 0.915. The highest BCUT2D eigenvalue weighted by Crippen LogP contribution is 2.19. The average Bonchev–Trinajstić information content (AvgIpc) is 3.43. The second-order valence-electron chi connectivity index (χ2n) is 24.2. The first-order valence-corrected chi connectivity index (χ1v) is 35.1. The lowest BCUT2D eigenvalue weighted by Gasteiger charge is -2.22. The van der Waals surface area contributed by atoms with Crippen LogP contribution < -0.4 is 5.32 Å². The minimum absolute atomic E-state index is 0.0148. The molecule has 77 heavy (non-hydrogen) atoms. The molecule has 3 N–H and O–H groups in total. The van der Waals surface area contributed by atoms with Crippen molar-refractivity contribution < 1.29 is 24.5 Å². The smallest absolute Gasteiger partial charge is 0.305 e. The van der Waals surface area contributed by atoms with Crippen LogP contribution in [0.4, 0.5) is 0 Å². The van der Waals surface area contributed by atoms with Crippen LogP contribution in [0.1, 0.15) is 393 Å². The zero-order valence-electron chi connectivity index (χ0n) is 52.2. The number of hydrogen-bond acceptors (Lipinski definition) is 5. The fourth-order valence-electron chi connectivity index (χ4n) is 11.1. The highest BCUT2D eigenvalue weighted by molar-refractivity contribution is 5.76. The van der Waals surface area contributed by atoms with Crippen molar-refractivity contribution in [2.45, 2.75) is 405 Å². The van der Waals surface area contributed by atoms with Crippen LogP contribution in [0.25, 0.3) is 0 Å². The van der Waals surface area contributed by atoms with Crippen molar-refractivity contribution >= 4 is 11.9 Å². The molecule has 0 saturated heterocycles. The van der Waals surface area contributed by atoms with E-state index in [1.54, 1.807) is 0 Å². The molecule has 0 fully saturated rings. The van der Waals surface area contributed by atoms with E-state index in [2.05, 4.69) is 43.5 Å². The first-order chi connectivity index (χ1) is 38.0. The van der Waals surface area contributed by atoms with Gasteiger partial charge >= 0.3 is 5.97 Å². The third-order valence-corrected chi connectivity index (χ3v) is 16.5. The lowest BCUT2D eigenvalue weighted by atomic mass is 10.0. The Hall–Kier alpha value is -1.66. The monoisotopic (exact) mass is 1080 g/mol. The van der Waals surface area contributed by atoms with Crippen molar-refractivity contribution in [1.29, 1.82) is 0 Å². The molecule has 0 rings (SSSR count). The number of carbonyl (C=O) groups is 2. The molecule has 0 aliphatic heterocycles. The zero-order valence-corrected chi connectivity index (χ0v) is 52.2. The molecule has 1 amide bonds. The van der Waals surface area contributed by atoms with Gasteiger partial charge in [-0.2, -0.15) is 0 Å². The molecule has 0 aromatic rings. The third-order valence-electron chi connectivity index (χ3n) is 16.5. The number of hydrogen-bond donors (Lipinski definition) is 3. The molecule has 0 aliphatic carbocycles. The average molecular weight is 1080 g/mol. The summed E-state index contributed by atoms with van der Waals surface area (Å²) in [5.74, 6) is -0.0161. The van der Waals surface area contributed by atoms with Gasteiger partial charge < -0.3 is 20.3 Å². The molecular weight excluding hydrogens is 947 g/mol. The Bertz CT molecular complexity index is 1200. The standard InChI is InChI=1S/C71H137NO5/c1-3-5-7-9-11-13-14-15-16-17-36-39-42-45-49-53-57-61-65-71(76)77-66-62-58-54-50-46-43-40-37-34-32-30-28-26-24-22-20-18-19-21-23-25-27-29-31-33-35-38-41-44-48-52-56-60-64-70(75)72-68(67-73)69(74)63-59-55-51-47-12-10-8-6-4-2/h13-14,16-17,68-69,73-74H,3-12,15,18-67H2,1-2H3,(H,72,75)/b14-13-,17-16-. The minimum atomic E-state index is -0.658. The van der Waals surface area contributed by atoms with E-state index in [1.807, 2.05) is 0 Å². The van der Waals surface area contributed by atoms with E-state index in [0.717, 1.165) is 51.4 Å². The Morgan fingerprint density at radius 1 is 0.364 bits per heavy atom. The molecule has 0 spiro atoms. The predicted octanol–water partition coefficient (Wildman–Crippen LogP) is 22.5. The largest absolute Gasteiger partial charge is 0.466 e. The summed E-state index contributed by atoms with van der Waals surface area (Å²) in [6, 6.07) is -0.535. The van der Waals surface area contributed by atoms with Gasteiger partial charge in [-0.1, -0.05) is 346 Å². The Labute approximate surface area is 481 Å². The quantitative estimate of drug-likeness (QED) is 0.0320. The third kappa shape index (κ3) is 63.4. The molecule has 0 aromatic heterocycles. The first-order valence-electron chi connectivity index (χ1n) is 35.1. The number of nitrogens with one attached hydrogen (secondary N) is 1. The van der Waals surface area contributed by atoms with E-state index < -0.39 is 12.1 Å². The van der Waals surface area contributed by atoms with Crippen LogP contribution >= 0.6 is 0 Å². The summed E-state index contributed by atoms with van der Waals surface area (Å²) in [5.41, 5.74) is 0. The van der Waals surface area contributed by atoms with Crippen LogP contribution in [0.5, 0.6) is 0 Å². The number of carbonyl (C=O) groups excluding carboxylic acids is 2. The fourth-order valence-corrected chi connectivity index (χ4v) is 11.1. The maximum absolute atomic E-state index is 12.4. The molecule has 0 heterocycles. The number of aliphatic hydroxyl groups excluding tert-OH is 2. The van der Waals surface area contributed by atoms with Crippen LogP contribution in [0.15, 0.2) is 24.3 Å². The number of amides is 1. The summed E-state index contributed by atoms with van der Waals surface area (Å²) in [7, 11) is 0. The van der Waals surface area contributed by atoms with E-state index in [0.29, 0.717) is 25.9 Å². The number of unbranched alkanes of at least 4 members (excludes halogenated alkanes) is 51. The van der Waals surface area contributed by atoms with E-state index in [1.165, 1.54) is 308 Å². The van der Waals surface area contributed by atoms with Crippen LogP contribution in [0.3, 0.4) is 0 Å². The van der Waals surface area contributed by atoms with Crippen molar-refractivity contribution in [3.8, 4) is 0 Å². The van der Waals surface area contributed by atoms with Gasteiger partial charge in [0.1, 0.15) is 0 Å². The van der Waals surface area contributed by atoms with E-state index in [9.17, 15) is 19.8 Å².